The van der Waals surface area contributed by atoms with Crippen LogP contribution in [0.25, 0.3) is 0 Å². The molecule has 0 saturated carbocycles. The van der Waals surface area contributed by atoms with Gasteiger partial charge in [0.15, 0.2) is 0 Å². The van der Waals surface area contributed by atoms with Gasteiger partial charge in [0, 0.05) is 18.7 Å². The van der Waals surface area contributed by atoms with Gasteiger partial charge in [0.25, 0.3) is 0 Å². The first-order valence-electron chi connectivity index (χ1n) is 9.04. The first-order chi connectivity index (χ1) is 12.2. The zero-order chi connectivity index (χ0) is 17.5. The fourth-order valence-electron chi connectivity index (χ4n) is 2.91. The van der Waals surface area contributed by atoms with E-state index in [1.165, 1.54) is 0 Å². The SMILES string of the molecule is CC(C)Oc1ccccc1CNc1ccccc1OCC1CCCO1. The number of anilines is 1. The van der Waals surface area contributed by atoms with Crippen molar-refractivity contribution in [2.24, 2.45) is 0 Å². The highest BCUT2D eigenvalue weighted by molar-refractivity contribution is 5.56. The van der Waals surface area contributed by atoms with Crippen LogP contribution in [0.5, 0.6) is 11.5 Å². The third-order valence-electron chi connectivity index (χ3n) is 4.14. The number of nitrogens with one attached hydrogen (secondary N) is 1. The molecule has 1 saturated heterocycles. The van der Waals surface area contributed by atoms with Crippen molar-refractivity contribution >= 4 is 5.69 Å². The topological polar surface area (TPSA) is 39.7 Å². The summed E-state index contributed by atoms with van der Waals surface area (Å²) in [4.78, 5) is 0. The summed E-state index contributed by atoms with van der Waals surface area (Å²) in [6.45, 7) is 6.21. The quantitative estimate of drug-likeness (QED) is 0.759. The van der Waals surface area contributed by atoms with Gasteiger partial charge in [-0.2, -0.15) is 0 Å². The summed E-state index contributed by atoms with van der Waals surface area (Å²) in [5.41, 5.74) is 2.12. The molecular weight excluding hydrogens is 314 g/mol. The molecule has 0 aromatic heterocycles. The number of benzene rings is 2. The third-order valence-corrected chi connectivity index (χ3v) is 4.14. The molecule has 0 aliphatic carbocycles. The van der Waals surface area contributed by atoms with Gasteiger partial charge < -0.3 is 19.5 Å². The van der Waals surface area contributed by atoms with Crippen molar-refractivity contribution in [1.29, 1.82) is 0 Å². The molecule has 0 bridgehead atoms. The van der Waals surface area contributed by atoms with Crippen LogP contribution in [0.2, 0.25) is 0 Å². The fourth-order valence-corrected chi connectivity index (χ4v) is 2.91. The molecule has 1 fully saturated rings. The molecule has 1 atom stereocenters. The Morgan fingerprint density at radius 2 is 1.84 bits per heavy atom. The summed E-state index contributed by atoms with van der Waals surface area (Å²) in [5, 5.41) is 3.47. The van der Waals surface area contributed by atoms with E-state index in [0.29, 0.717) is 13.2 Å². The van der Waals surface area contributed by atoms with Crippen LogP contribution >= 0.6 is 0 Å². The summed E-state index contributed by atoms with van der Waals surface area (Å²) in [6.07, 6.45) is 2.58. The van der Waals surface area contributed by atoms with E-state index in [2.05, 4.69) is 11.4 Å². The molecule has 2 aromatic carbocycles. The highest BCUT2D eigenvalue weighted by atomic mass is 16.5. The standard InChI is InChI=1S/C21H27NO3/c1-16(2)25-20-11-5-3-8-17(20)14-22-19-10-4-6-12-21(19)24-15-18-9-7-13-23-18/h3-6,8,10-12,16,18,22H,7,9,13-15H2,1-2H3. The Morgan fingerprint density at radius 3 is 2.60 bits per heavy atom. The van der Waals surface area contributed by atoms with Crippen LogP contribution in [0.4, 0.5) is 5.69 Å². The lowest BCUT2D eigenvalue weighted by molar-refractivity contribution is 0.0682. The van der Waals surface area contributed by atoms with Crippen LogP contribution in [-0.4, -0.2) is 25.4 Å². The normalized spacial score (nSPS) is 16.8. The first-order valence-corrected chi connectivity index (χ1v) is 9.04. The maximum atomic E-state index is 5.99. The lowest BCUT2D eigenvalue weighted by Crippen LogP contribution is -2.17. The van der Waals surface area contributed by atoms with Crippen LogP contribution in [0.1, 0.15) is 32.3 Å². The van der Waals surface area contributed by atoms with Crippen LogP contribution in [0.15, 0.2) is 48.5 Å². The van der Waals surface area contributed by atoms with Crippen molar-refractivity contribution in [3.05, 3.63) is 54.1 Å². The Morgan fingerprint density at radius 1 is 1.08 bits per heavy atom. The minimum absolute atomic E-state index is 0.156. The zero-order valence-corrected chi connectivity index (χ0v) is 15.0. The lowest BCUT2D eigenvalue weighted by atomic mass is 10.2. The third kappa shape index (κ3) is 5.13. The van der Waals surface area contributed by atoms with Crippen molar-refractivity contribution in [3.8, 4) is 11.5 Å². The zero-order valence-electron chi connectivity index (χ0n) is 15.0. The average molecular weight is 341 g/mol. The van der Waals surface area contributed by atoms with Crippen molar-refractivity contribution in [2.45, 2.75) is 45.4 Å². The number of rotatable bonds is 8. The molecule has 134 valence electrons. The molecule has 1 aliphatic rings. The second-order valence-corrected chi connectivity index (χ2v) is 6.57. The maximum Gasteiger partial charge on any atom is 0.142 e. The Balaban J connectivity index is 1.63. The Bertz CT molecular complexity index is 666. The van der Waals surface area contributed by atoms with Crippen LogP contribution < -0.4 is 14.8 Å². The molecule has 3 rings (SSSR count). The monoisotopic (exact) mass is 341 g/mol. The summed E-state index contributed by atoms with van der Waals surface area (Å²) >= 11 is 0. The maximum absolute atomic E-state index is 5.99. The molecule has 4 heteroatoms. The van der Waals surface area contributed by atoms with Crippen molar-refractivity contribution in [3.63, 3.8) is 0 Å². The average Bonchev–Trinajstić information content (AvgIpc) is 3.13. The largest absolute Gasteiger partial charge is 0.491 e. The van der Waals surface area contributed by atoms with Crippen molar-refractivity contribution in [2.75, 3.05) is 18.5 Å². The van der Waals surface area contributed by atoms with Crippen LogP contribution in [0, 0.1) is 0 Å². The summed E-state index contributed by atoms with van der Waals surface area (Å²) < 4.78 is 17.5. The molecule has 4 nitrogen and oxygen atoms in total. The lowest BCUT2D eigenvalue weighted by Gasteiger charge is -2.17. The van der Waals surface area contributed by atoms with E-state index < -0.39 is 0 Å². The fraction of sp³-hybridized carbons (Fsp3) is 0.429. The Kier molecular flexibility index (Phi) is 6.18. The van der Waals surface area contributed by atoms with Crippen molar-refractivity contribution < 1.29 is 14.2 Å². The van der Waals surface area contributed by atoms with Crippen molar-refractivity contribution in [1.82, 2.24) is 0 Å². The second kappa shape index (κ2) is 8.77. The predicted octanol–water partition coefficient (Wildman–Crippen LogP) is 4.64. The van der Waals surface area contributed by atoms with Gasteiger partial charge in [-0.15, -0.1) is 0 Å². The minimum Gasteiger partial charge on any atom is -0.491 e. The molecule has 1 unspecified atom stereocenters. The number of para-hydroxylation sites is 3. The Hall–Kier alpha value is -2.20. The van der Waals surface area contributed by atoms with Gasteiger partial charge in [0.1, 0.15) is 18.1 Å². The molecule has 1 aliphatic heterocycles. The summed E-state index contributed by atoms with van der Waals surface area (Å²) in [7, 11) is 0. The van der Waals surface area contributed by atoms with Gasteiger partial charge in [-0.1, -0.05) is 30.3 Å². The highest BCUT2D eigenvalue weighted by Crippen LogP contribution is 2.27. The Labute approximate surface area is 150 Å². The van der Waals surface area contributed by atoms with Gasteiger partial charge in [0.05, 0.1) is 17.9 Å². The van der Waals surface area contributed by atoms with E-state index in [4.69, 9.17) is 14.2 Å². The highest BCUT2D eigenvalue weighted by Gasteiger charge is 2.16. The minimum atomic E-state index is 0.156. The van der Waals surface area contributed by atoms with Crippen LogP contribution in [0.3, 0.4) is 0 Å². The van der Waals surface area contributed by atoms with E-state index in [9.17, 15) is 0 Å². The van der Waals surface area contributed by atoms with E-state index in [1.54, 1.807) is 0 Å². The molecule has 25 heavy (non-hydrogen) atoms. The predicted molar refractivity (Wildman–Crippen MR) is 100 cm³/mol. The van der Waals surface area contributed by atoms with Gasteiger partial charge in [0.2, 0.25) is 0 Å². The second-order valence-electron chi connectivity index (χ2n) is 6.57. The number of hydrogen-bond acceptors (Lipinski definition) is 4. The number of hydrogen-bond donors (Lipinski definition) is 1. The van der Waals surface area contributed by atoms with Crippen LogP contribution in [-0.2, 0) is 11.3 Å². The van der Waals surface area contributed by atoms with Gasteiger partial charge in [-0.25, -0.2) is 0 Å². The molecule has 0 amide bonds. The molecule has 0 spiro atoms. The van der Waals surface area contributed by atoms with E-state index in [1.807, 2.05) is 56.3 Å². The summed E-state index contributed by atoms with van der Waals surface area (Å²) in [5.74, 6) is 1.78. The smallest absolute Gasteiger partial charge is 0.142 e. The van der Waals surface area contributed by atoms with E-state index in [-0.39, 0.29) is 12.2 Å². The number of ether oxygens (including phenoxy) is 3. The van der Waals surface area contributed by atoms with E-state index >= 15 is 0 Å². The summed E-state index contributed by atoms with van der Waals surface area (Å²) in [6, 6.07) is 16.2. The molecule has 0 radical (unpaired) electrons. The first kappa shape index (κ1) is 17.6. The molecule has 1 N–H and O–H groups in total. The molecule has 2 aromatic rings. The molecular formula is C21H27NO3. The van der Waals surface area contributed by atoms with Gasteiger partial charge >= 0.3 is 0 Å². The van der Waals surface area contributed by atoms with Gasteiger partial charge in [-0.05, 0) is 44.9 Å². The molecule has 1 heterocycles. The van der Waals surface area contributed by atoms with Gasteiger partial charge in [-0.3, -0.25) is 0 Å². The van der Waals surface area contributed by atoms with E-state index in [0.717, 1.165) is 42.2 Å².